The van der Waals surface area contributed by atoms with Gasteiger partial charge >= 0.3 is 12.1 Å². The lowest BCUT2D eigenvalue weighted by Gasteiger charge is -2.10. The molecule has 1 aromatic carbocycles. The lowest BCUT2D eigenvalue weighted by atomic mass is 10.1. The Morgan fingerprint density at radius 2 is 1.79 bits per heavy atom. The van der Waals surface area contributed by atoms with Gasteiger partial charge in [0.15, 0.2) is 0 Å². The van der Waals surface area contributed by atoms with Crippen molar-refractivity contribution in [3.63, 3.8) is 0 Å². The third kappa shape index (κ3) is 4.61. The van der Waals surface area contributed by atoms with Crippen molar-refractivity contribution in [1.82, 2.24) is 5.32 Å². The minimum Gasteiger partial charge on any atom is -0.480 e. The molecule has 0 spiro atoms. The Hall–Kier alpha value is -2.05. The first-order valence-electron chi connectivity index (χ1n) is 5.38. The van der Waals surface area contributed by atoms with Crippen molar-refractivity contribution in [2.45, 2.75) is 25.6 Å². The molecule has 0 aromatic heterocycles. The van der Waals surface area contributed by atoms with E-state index in [-0.39, 0.29) is 6.42 Å². The fraction of sp³-hybridized carbons (Fsp3) is 0.333. The van der Waals surface area contributed by atoms with Crippen LogP contribution in [0, 0.1) is 0 Å². The Kier molecular flexibility index (Phi) is 4.52. The number of nitrogens with one attached hydrogen (secondary N) is 1. The quantitative estimate of drug-likeness (QED) is 0.881. The molecule has 2 N–H and O–H groups in total. The van der Waals surface area contributed by atoms with Gasteiger partial charge in [0.25, 0.3) is 0 Å². The van der Waals surface area contributed by atoms with Gasteiger partial charge in [-0.2, -0.15) is 13.2 Å². The number of carboxylic acid groups (broad SMARTS) is 1. The van der Waals surface area contributed by atoms with Crippen LogP contribution < -0.4 is 5.32 Å². The summed E-state index contributed by atoms with van der Waals surface area (Å²) in [7, 11) is 0. The van der Waals surface area contributed by atoms with Crippen molar-refractivity contribution in [2.24, 2.45) is 0 Å². The van der Waals surface area contributed by atoms with Gasteiger partial charge in [0.2, 0.25) is 5.91 Å². The molecule has 1 amide bonds. The van der Waals surface area contributed by atoms with Crippen LogP contribution in [0.5, 0.6) is 0 Å². The van der Waals surface area contributed by atoms with Crippen molar-refractivity contribution in [3.8, 4) is 0 Å². The largest absolute Gasteiger partial charge is 0.480 e. The summed E-state index contributed by atoms with van der Waals surface area (Å²) < 4.78 is 36.9. The van der Waals surface area contributed by atoms with Crippen LogP contribution in [0.1, 0.15) is 18.1 Å². The van der Waals surface area contributed by atoms with Gasteiger partial charge in [-0.05, 0) is 24.6 Å². The van der Waals surface area contributed by atoms with E-state index in [9.17, 15) is 22.8 Å². The molecule has 0 saturated heterocycles. The number of alkyl halides is 3. The highest BCUT2D eigenvalue weighted by Gasteiger charge is 2.30. The van der Waals surface area contributed by atoms with E-state index in [4.69, 9.17) is 5.11 Å². The lowest BCUT2D eigenvalue weighted by Crippen LogP contribution is -2.39. The van der Waals surface area contributed by atoms with Crippen molar-refractivity contribution < 1.29 is 27.9 Å². The number of rotatable bonds is 4. The van der Waals surface area contributed by atoms with Crippen LogP contribution in [0.3, 0.4) is 0 Å². The summed E-state index contributed by atoms with van der Waals surface area (Å²) in [5.74, 6) is -1.74. The summed E-state index contributed by atoms with van der Waals surface area (Å²) in [5, 5.41) is 10.8. The summed E-state index contributed by atoms with van der Waals surface area (Å²) in [6.07, 6.45) is -4.59. The van der Waals surface area contributed by atoms with E-state index >= 15 is 0 Å². The second-order valence-corrected chi connectivity index (χ2v) is 4.00. The molecule has 4 nitrogen and oxygen atoms in total. The van der Waals surface area contributed by atoms with Crippen molar-refractivity contribution in [1.29, 1.82) is 0 Å². The van der Waals surface area contributed by atoms with Crippen LogP contribution in [0.15, 0.2) is 24.3 Å². The van der Waals surface area contributed by atoms with Gasteiger partial charge in [-0.3, -0.25) is 9.59 Å². The average molecular weight is 275 g/mol. The molecule has 0 fully saturated rings. The van der Waals surface area contributed by atoms with Gasteiger partial charge in [0.1, 0.15) is 6.04 Å². The number of amides is 1. The Morgan fingerprint density at radius 1 is 1.26 bits per heavy atom. The first kappa shape index (κ1) is 15.0. The van der Waals surface area contributed by atoms with E-state index < -0.39 is 29.7 Å². The predicted molar refractivity (Wildman–Crippen MR) is 60.4 cm³/mol. The fourth-order valence-corrected chi connectivity index (χ4v) is 1.35. The number of aliphatic carboxylic acids is 1. The maximum absolute atomic E-state index is 12.3. The molecule has 104 valence electrons. The summed E-state index contributed by atoms with van der Waals surface area (Å²) in [6.45, 7) is 1.30. The third-order valence-corrected chi connectivity index (χ3v) is 2.39. The van der Waals surface area contributed by atoms with Crippen LogP contribution in [0.2, 0.25) is 0 Å². The Bertz CT molecular complexity index is 468. The van der Waals surface area contributed by atoms with Crippen molar-refractivity contribution >= 4 is 11.9 Å². The van der Waals surface area contributed by atoms with Gasteiger partial charge in [0.05, 0.1) is 12.0 Å². The summed E-state index contributed by atoms with van der Waals surface area (Å²) in [5.41, 5.74) is -0.418. The zero-order valence-corrected chi connectivity index (χ0v) is 9.99. The maximum Gasteiger partial charge on any atom is 0.416 e. The van der Waals surface area contributed by atoms with E-state index in [1.54, 1.807) is 0 Å². The Labute approximate surface area is 107 Å². The average Bonchev–Trinajstić information content (AvgIpc) is 2.28. The number of hydrogen-bond donors (Lipinski definition) is 2. The van der Waals surface area contributed by atoms with E-state index in [0.717, 1.165) is 12.1 Å². The molecule has 19 heavy (non-hydrogen) atoms. The number of carboxylic acids is 1. The summed E-state index contributed by atoms with van der Waals surface area (Å²) in [4.78, 5) is 21.9. The first-order valence-corrected chi connectivity index (χ1v) is 5.38. The highest BCUT2D eigenvalue weighted by molar-refractivity contribution is 5.84. The van der Waals surface area contributed by atoms with Crippen LogP contribution >= 0.6 is 0 Å². The monoisotopic (exact) mass is 275 g/mol. The molecule has 1 atom stereocenters. The minimum atomic E-state index is -4.42. The summed E-state index contributed by atoms with van der Waals surface area (Å²) >= 11 is 0. The molecule has 0 aliphatic carbocycles. The molecule has 1 unspecified atom stereocenters. The lowest BCUT2D eigenvalue weighted by molar-refractivity contribution is -0.141. The maximum atomic E-state index is 12.3. The van der Waals surface area contributed by atoms with E-state index in [1.807, 2.05) is 0 Å². The highest BCUT2D eigenvalue weighted by Crippen LogP contribution is 2.29. The molecule has 0 radical (unpaired) electrons. The van der Waals surface area contributed by atoms with Gasteiger partial charge < -0.3 is 10.4 Å². The highest BCUT2D eigenvalue weighted by atomic mass is 19.4. The van der Waals surface area contributed by atoms with E-state index in [1.165, 1.54) is 19.1 Å². The van der Waals surface area contributed by atoms with E-state index in [0.29, 0.717) is 5.56 Å². The van der Waals surface area contributed by atoms with Gasteiger partial charge in [0, 0.05) is 0 Å². The first-order chi connectivity index (χ1) is 8.70. The molecule has 0 bridgehead atoms. The van der Waals surface area contributed by atoms with Crippen LogP contribution in [-0.4, -0.2) is 23.0 Å². The smallest absolute Gasteiger partial charge is 0.416 e. The fourth-order valence-electron chi connectivity index (χ4n) is 1.35. The number of halogens is 3. The third-order valence-electron chi connectivity index (χ3n) is 2.39. The SMILES string of the molecule is CC(NC(=O)Cc1ccc(C(F)(F)F)cc1)C(=O)O. The predicted octanol–water partition coefficient (Wildman–Crippen LogP) is 1.84. The second-order valence-electron chi connectivity index (χ2n) is 4.00. The molecule has 0 heterocycles. The molecule has 0 aliphatic rings. The standard InChI is InChI=1S/C12H12F3NO3/c1-7(11(18)19)16-10(17)6-8-2-4-9(5-3-8)12(13,14)15/h2-5,7H,6H2,1H3,(H,16,17)(H,18,19). The van der Waals surface area contributed by atoms with E-state index in [2.05, 4.69) is 5.32 Å². The minimum absolute atomic E-state index is 0.171. The molecule has 0 aliphatic heterocycles. The molecule has 1 aromatic rings. The van der Waals surface area contributed by atoms with Crippen LogP contribution in [0.4, 0.5) is 13.2 Å². The van der Waals surface area contributed by atoms with Gasteiger partial charge in [-0.1, -0.05) is 12.1 Å². The second kappa shape index (κ2) is 5.73. The molecule has 7 heteroatoms. The van der Waals surface area contributed by atoms with Crippen molar-refractivity contribution in [3.05, 3.63) is 35.4 Å². The molecule has 1 rings (SSSR count). The number of hydrogen-bond acceptors (Lipinski definition) is 2. The number of carbonyl (C=O) groups is 2. The van der Waals surface area contributed by atoms with Crippen LogP contribution in [0.25, 0.3) is 0 Å². The molecule has 0 saturated carbocycles. The summed E-state index contributed by atoms with van der Waals surface area (Å²) in [6, 6.07) is 3.09. The molecular weight excluding hydrogens is 263 g/mol. The molecular formula is C12H12F3NO3. The van der Waals surface area contributed by atoms with Crippen molar-refractivity contribution in [2.75, 3.05) is 0 Å². The van der Waals surface area contributed by atoms with Gasteiger partial charge in [-0.25, -0.2) is 0 Å². The zero-order valence-electron chi connectivity index (χ0n) is 9.99. The normalized spacial score (nSPS) is 12.8. The number of carbonyl (C=O) groups excluding carboxylic acids is 1. The zero-order chi connectivity index (χ0) is 14.6. The topological polar surface area (TPSA) is 66.4 Å². The van der Waals surface area contributed by atoms with Crippen LogP contribution in [-0.2, 0) is 22.2 Å². The number of benzene rings is 1. The Balaban J connectivity index is 2.63. The Morgan fingerprint density at radius 3 is 2.21 bits per heavy atom. The van der Waals surface area contributed by atoms with Gasteiger partial charge in [-0.15, -0.1) is 0 Å².